The summed E-state index contributed by atoms with van der Waals surface area (Å²) in [5.74, 6) is -0.797. The molecule has 0 unspecified atom stereocenters. The molecule has 1 aliphatic rings. The third-order valence-electron chi connectivity index (χ3n) is 4.91. The lowest BCUT2D eigenvalue weighted by atomic mass is 10.1. The summed E-state index contributed by atoms with van der Waals surface area (Å²) in [5, 5.41) is 8.52. The molecule has 2 aromatic heterocycles. The monoisotopic (exact) mass is 359 g/mol. The summed E-state index contributed by atoms with van der Waals surface area (Å²) in [7, 11) is 1.70. The fourth-order valence-corrected chi connectivity index (χ4v) is 3.51. The van der Waals surface area contributed by atoms with Gasteiger partial charge < -0.3 is 4.74 Å². The third kappa shape index (κ3) is 3.17. The molecule has 1 saturated heterocycles. The molecule has 136 valence electrons. The van der Waals surface area contributed by atoms with Crippen LogP contribution in [0.5, 0.6) is 0 Å². The third-order valence-corrected chi connectivity index (χ3v) is 4.91. The van der Waals surface area contributed by atoms with Gasteiger partial charge in [-0.1, -0.05) is 6.07 Å². The summed E-state index contributed by atoms with van der Waals surface area (Å²) in [5.41, 5.74) is 1.46. The number of likely N-dealkylation sites (tertiary alicyclic amines) is 1. The van der Waals surface area contributed by atoms with Gasteiger partial charge in [0.25, 0.3) is 0 Å². The lowest BCUT2D eigenvalue weighted by molar-refractivity contribution is 0.108. The first-order valence-electron chi connectivity index (χ1n) is 8.51. The summed E-state index contributed by atoms with van der Waals surface area (Å²) in [6, 6.07) is 4.09. The molecule has 0 amide bonds. The van der Waals surface area contributed by atoms with Gasteiger partial charge in [0.2, 0.25) is 0 Å². The number of hydrogen-bond donors (Lipinski definition) is 0. The molecule has 0 spiro atoms. The van der Waals surface area contributed by atoms with Gasteiger partial charge in [0.05, 0.1) is 18.3 Å². The Labute approximate surface area is 149 Å². The van der Waals surface area contributed by atoms with Crippen molar-refractivity contribution in [3.8, 4) is 0 Å². The highest BCUT2D eigenvalue weighted by Gasteiger charge is 2.35. The van der Waals surface area contributed by atoms with Crippen LogP contribution >= 0.6 is 0 Å². The second kappa shape index (κ2) is 7.05. The van der Waals surface area contributed by atoms with Gasteiger partial charge in [0, 0.05) is 32.6 Å². The largest absolute Gasteiger partial charge is 0.380 e. The molecule has 1 fully saturated rings. The van der Waals surface area contributed by atoms with Crippen molar-refractivity contribution in [3.05, 3.63) is 59.8 Å². The zero-order valence-corrected chi connectivity index (χ0v) is 14.3. The zero-order valence-electron chi connectivity index (χ0n) is 14.3. The predicted octanol–water partition coefficient (Wildman–Crippen LogP) is 2.41. The molecular weight excluding hydrogens is 340 g/mol. The molecule has 8 heteroatoms. The van der Waals surface area contributed by atoms with Crippen molar-refractivity contribution in [2.24, 2.45) is 0 Å². The number of benzene rings is 1. The fourth-order valence-electron chi connectivity index (χ4n) is 3.51. The highest BCUT2D eigenvalue weighted by atomic mass is 19.2. The fraction of sp³-hybridized carbons (Fsp3) is 0.389. The molecule has 3 heterocycles. The maximum atomic E-state index is 13.4. The summed E-state index contributed by atoms with van der Waals surface area (Å²) >= 11 is 0. The second-order valence-corrected chi connectivity index (χ2v) is 6.47. The van der Waals surface area contributed by atoms with Gasteiger partial charge in [0.15, 0.2) is 23.1 Å². The van der Waals surface area contributed by atoms with Crippen LogP contribution in [0.15, 0.2) is 36.8 Å². The van der Waals surface area contributed by atoms with Crippen LogP contribution < -0.4 is 0 Å². The van der Waals surface area contributed by atoms with Crippen molar-refractivity contribution in [1.82, 2.24) is 24.5 Å². The van der Waals surface area contributed by atoms with Crippen molar-refractivity contribution in [2.45, 2.75) is 25.0 Å². The van der Waals surface area contributed by atoms with E-state index < -0.39 is 11.6 Å². The highest BCUT2D eigenvalue weighted by molar-refractivity contribution is 5.34. The Bertz CT molecular complexity index is 915. The predicted molar refractivity (Wildman–Crippen MR) is 90.6 cm³/mol. The van der Waals surface area contributed by atoms with Crippen LogP contribution in [0, 0.1) is 11.6 Å². The Hall–Kier alpha value is -2.45. The van der Waals surface area contributed by atoms with E-state index in [1.807, 2.05) is 10.6 Å². The number of fused-ring (bicyclic) bond motifs is 1. The molecule has 0 aliphatic carbocycles. The Morgan fingerprint density at radius 1 is 1.23 bits per heavy atom. The van der Waals surface area contributed by atoms with Gasteiger partial charge in [-0.25, -0.2) is 8.78 Å². The van der Waals surface area contributed by atoms with E-state index in [0.717, 1.165) is 24.4 Å². The Morgan fingerprint density at radius 3 is 2.92 bits per heavy atom. The lowest BCUT2D eigenvalue weighted by Gasteiger charge is -2.22. The molecule has 4 rings (SSSR count). The number of methoxy groups -OCH3 is 1. The van der Waals surface area contributed by atoms with E-state index in [0.29, 0.717) is 18.6 Å². The van der Waals surface area contributed by atoms with Crippen LogP contribution in [-0.4, -0.2) is 50.8 Å². The quantitative estimate of drug-likeness (QED) is 0.700. The number of nitrogens with zero attached hydrogens (tertiary/aromatic N) is 5. The van der Waals surface area contributed by atoms with Crippen LogP contribution in [0.3, 0.4) is 0 Å². The average molecular weight is 359 g/mol. The normalized spacial score (nSPS) is 20.9. The van der Waals surface area contributed by atoms with E-state index in [1.165, 1.54) is 12.1 Å². The Morgan fingerprint density at radius 2 is 2.12 bits per heavy atom. The minimum Gasteiger partial charge on any atom is -0.380 e. The number of aromatic nitrogens is 4. The molecule has 0 saturated carbocycles. The maximum Gasteiger partial charge on any atom is 0.179 e. The van der Waals surface area contributed by atoms with Crippen LogP contribution in [0.25, 0.3) is 5.65 Å². The van der Waals surface area contributed by atoms with Crippen molar-refractivity contribution in [2.75, 3.05) is 20.2 Å². The summed E-state index contributed by atoms with van der Waals surface area (Å²) in [6.45, 7) is 1.44. The van der Waals surface area contributed by atoms with Crippen molar-refractivity contribution in [1.29, 1.82) is 0 Å². The van der Waals surface area contributed by atoms with Crippen LogP contribution in [-0.2, 0) is 11.2 Å². The molecule has 1 aromatic carbocycles. The first-order valence-corrected chi connectivity index (χ1v) is 8.51. The SMILES string of the molecule is CO[C@@H]1C[C@@H](c2nnc3cnccn23)N(CCc2ccc(F)c(F)c2)C1. The van der Waals surface area contributed by atoms with Gasteiger partial charge in [-0.2, -0.15) is 0 Å². The zero-order chi connectivity index (χ0) is 18.1. The van der Waals surface area contributed by atoms with E-state index in [4.69, 9.17) is 4.74 Å². The van der Waals surface area contributed by atoms with Crippen molar-refractivity contribution in [3.63, 3.8) is 0 Å². The van der Waals surface area contributed by atoms with E-state index in [9.17, 15) is 8.78 Å². The highest BCUT2D eigenvalue weighted by Crippen LogP contribution is 2.32. The van der Waals surface area contributed by atoms with Gasteiger partial charge in [-0.05, 0) is 30.5 Å². The molecule has 26 heavy (non-hydrogen) atoms. The molecule has 3 aromatic rings. The molecule has 1 aliphatic heterocycles. The Kier molecular flexibility index (Phi) is 4.60. The summed E-state index contributed by atoms with van der Waals surface area (Å²) in [6.07, 6.45) is 6.73. The van der Waals surface area contributed by atoms with Gasteiger partial charge in [-0.15, -0.1) is 10.2 Å². The second-order valence-electron chi connectivity index (χ2n) is 6.47. The van der Waals surface area contributed by atoms with E-state index >= 15 is 0 Å². The minimum absolute atomic E-state index is 0.0441. The first kappa shape index (κ1) is 17.0. The first-order chi connectivity index (χ1) is 12.7. The molecular formula is C18H19F2N5O. The lowest BCUT2D eigenvalue weighted by Crippen LogP contribution is -2.28. The number of ether oxygens (including phenoxy) is 1. The average Bonchev–Trinajstić information content (AvgIpc) is 3.26. The summed E-state index contributed by atoms with van der Waals surface area (Å²) in [4.78, 5) is 6.32. The van der Waals surface area contributed by atoms with Crippen LogP contribution in [0.2, 0.25) is 0 Å². The topological polar surface area (TPSA) is 55.6 Å². The number of rotatable bonds is 5. The Balaban J connectivity index is 1.55. The van der Waals surface area contributed by atoms with Gasteiger partial charge >= 0.3 is 0 Å². The minimum atomic E-state index is -0.823. The molecule has 6 nitrogen and oxygen atoms in total. The van der Waals surface area contributed by atoms with Gasteiger partial charge in [0.1, 0.15) is 0 Å². The maximum absolute atomic E-state index is 13.4. The van der Waals surface area contributed by atoms with Crippen LogP contribution in [0.4, 0.5) is 8.78 Å². The van der Waals surface area contributed by atoms with Crippen LogP contribution in [0.1, 0.15) is 23.9 Å². The molecule has 0 bridgehead atoms. The molecule has 0 radical (unpaired) electrons. The number of hydrogen-bond acceptors (Lipinski definition) is 5. The standard InChI is InChI=1S/C18H19F2N5O/c1-26-13-9-16(18-23-22-17-10-21-5-7-25(17)18)24(11-13)6-4-12-2-3-14(19)15(20)8-12/h2-3,5,7-8,10,13,16H,4,6,9,11H2,1H3/t13-,16+/m1/s1. The van der Waals surface area contributed by atoms with E-state index in [2.05, 4.69) is 20.1 Å². The number of halogens is 2. The van der Waals surface area contributed by atoms with E-state index in [-0.39, 0.29) is 12.1 Å². The summed E-state index contributed by atoms with van der Waals surface area (Å²) < 4.78 is 34.0. The molecule has 0 N–H and O–H groups in total. The van der Waals surface area contributed by atoms with Gasteiger partial charge in [-0.3, -0.25) is 14.3 Å². The molecule has 2 atom stereocenters. The van der Waals surface area contributed by atoms with Crippen molar-refractivity contribution < 1.29 is 13.5 Å². The smallest absolute Gasteiger partial charge is 0.179 e. The van der Waals surface area contributed by atoms with E-state index in [1.54, 1.807) is 25.6 Å². The van der Waals surface area contributed by atoms with Crippen molar-refractivity contribution >= 4 is 5.65 Å².